The van der Waals surface area contributed by atoms with Crippen LogP contribution < -0.4 is 8.61 Å². The quantitative estimate of drug-likeness (QED) is 0.0712. The number of carbonyl (C=O) groups excluding carboxylic acids is 2. The van der Waals surface area contributed by atoms with E-state index in [9.17, 15) is 26.4 Å². The highest BCUT2D eigenvalue weighted by Crippen LogP contribution is 2.38. The largest absolute Gasteiger partial charge is 0.454 e. The van der Waals surface area contributed by atoms with Gasteiger partial charge in [0.1, 0.15) is 17.4 Å². The number of furan rings is 2. The van der Waals surface area contributed by atoms with E-state index >= 15 is 0 Å². The summed E-state index contributed by atoms with van der Waals surface area (Å²) in [6, 6.07) is 6.18. The molecule has 19 heteroatoms. The SMILES string of the molecule is C.CCC(=O)c1c(/C(Cl)=N/O)oc2cc(N(C)S(C)(=O)=O)c(Br)cc12.CCC(=O)c1c(/C=N/O)oc2cc(N(C)S(C)(=O)=O)c(Br)cc12. The Morgan fingerprint density at radius 1 is 0.833 bits per heavy atom. The zero-order valence-corrected chi connectivity index (χ0v) is 31.3. The van der Waals surface area contributed by atoms with Gasteiger partial charge in [-0.2, -0.15) is 0 Å². The lowest BCUT2D eigenvalue weighted by molar-refractivity contribution is 0.0980. The number of oxime groups is 2. The minimum absolute atomic E-state index is 0. The first-order valence-corrected chi connectivity index (χ1v) is 19.0. The number of carbonyl (C=O) groups is 2. The number of nitrogens with zero attached hydrogens (tertiary/aromatic N) is 4. The Labute approximate surface area is 299 Å². The van der Waals surface area contributed by atoms with Crippen LogP contribution in [0.4, 0.5) is 11.4 Å². The molecule has 0 aliphatic heterocycles. The van der Waals surface area contributed by atoms with Gasteiger partial charge in [-0.25, -0.2) is 16.8 Å². The molecule has 0 amide bonds. The third-order valence-corrected chi connectivity index (χ3v) is 10.8. The summed E-state index contributed by atoms with van der Waals surface area (Å²) in [5, 5.41) is 24.0. The zero-order valence-electron chi connectivity index (χ0n) is 25.7. The van der Waals surface area contributed by atoms with Crippen molar-refractivity contribution in [1.82, 2.24) is 0 Å². The summed E-state index contributed by atoms with van der Waals surface area (Å²) < 4.78 is 61.1. The summed E-state index contributed by atoms with van der Waals surface area (Å²) in [4.78, 5) is 24.4. The maximum absolute atomic E-state index is 12.2. The molecule has 4 aromatic rings. The minimum Gasteiger partial charge on any atom is -0.454 e. The number of anilines is 2. The molecule has 48 heavy (non-hydrogen) atoms. The van der Waals surface area contributed by atoms with E-state index in [1.807, 2.05) is 0 Å². The Morgan fingerprint density at radius 3 is 1.65 bits per heavy atom. The predicted molar refractivity (Wildman–Crippen MR) is 194 cm³/mol. The first-order valence-electron chi connectivity index (χ1n) is 13.3. The number of hydrogen-bond donors (Lipinski definition) is 2. The van der Waals surface area contributed by atoms with Crippen molar-refractivity contribution < 1.29 is 45.7 Å². The van der Waals surface area contributed by atoms with Crippen molar-refractivity contribution in [3.63, 3.8) is 0 Å². The van der Waals surface area contributed by atoms with Crippen molar-refractivity contribution in [3.05, 3.63) is 55.9 Å². The van der Waals surface area contributed by atoms with Crippen LogP contribution in [-0.4, -0.2) is 76.8 Å². The molecule has 2 N–H and O–H groups in total. The van der Waals surface area contributed by atoms with Gasteiger partial charge in [-0.05, 0) is 44.0 Å². The lowest BCUT2D eigenvalue weighted by atomic mass is 10.0. The van der Waals surface area contributed by atoms with Crippen LogP contribution >= 0.6 is 43.5 Å². The molecule has 2 aromatic carbocycles. The Kier molecular flexibility index (Phi) is 13.4. The van der Waals surface area contributed by atoms with Gasteiger partial charge in [-0.1, -0.05) is 43.2 Å². The van der Waals surface area contributed by atoms with Crippen molar-refractivity contribution in [2.45, 2.75) is 34.1 Å². The molecule has 0 bridgehead atoms. The second kappa shape index (κ2) is 15.8. The van der Waals surface area contributed by atoms with Gasteiger partial charge in [-0.3, -0.25) is 18.2 Å². The molecular weight excluding hydrogens is 824 g/mol. The topological polar surface area (TPSA) is 200 Å². The molecule has 4 rings (SSSR count). The lowest BCUT2D eigenvalue weighted by Crippen LogP contribution is -2.25. The van der Waals surface area contributed by atoms with Gasteiger partial charge in [0.15, 0.2) is 23.1 Å². The van der Waals surface area contributed by atoms with Crippen LogP contribution in [0.2, 0.25) is 0 Å². The standard InChI is InChI=1S/C14H14BrClN2O5S.C14H15BrN2O5S.CH4/c1-4-10(19)12-7-5-8(15)9(18(2)24(3,21)22)6-11(7)23-13(12)14(16)17-20;1-4-11(18)14-8-5-9(15)10(17(2)23(3,20)21)6-12(8)22-13(14)7-16-19;/h5-6,20H,4H2,1-3H3;5-7,19H,4H2,1-3H3;1H4/b17-14-;16-7+;. The molecule has 0 spiro atoms. The van der Waals surface area contributed by atoms with E-state index in [1.54, 1.807) is 26.0 Å². The highest BCUT2D eigenvalue weighted by Gasteiger charge is 2.26. The smallest absolute Gasteiger partial charge is 0.232 e. The van der Waals surface area contributed by atoms with E-state index in [4.69, 9.17) is 30.8 Å². The first kappa shape index (κ1) is 40.7. The molecule has 0 saturated carbocycles. The van der Waals surface area contributed by atoms with Crippen molar-refractivity contribution in [2.24, 2.45) is 10.3 Å². The predicted octanol–water partition coefficient (Wildman–Crippen LogP) is 7.19. The van der Waals surface area contributed by atoms with Gasteiger partial charge in [0.25, 0.3) is 0 Å². The molecular formula is C29H33Br2ClN4O10S2. The molecule has 0 radical (unpaired) electrons. The number of sulfonamides is 2. The second-order valence-corrected chi connectivity index (χ2v) is 16.0. The van der Waals surface area contributed by atoms with Crippen LogP contribution in [-0.2, 0) is 20.0 Å². The summed E-state index contributed by atoms with van der Waals surface area (Å²) in [5.41, 5.74) is 1.76. The van der Waals surface area contributed by atoms with Crippen LogP contribution in [0.25, 0.3) is 21.9 Å². The van der Waals surface area contributed by atoms with Gasteiger partial charge in [0, 0.05) is 58.8 Å². The molecule has 0 fully saturated rings. The number of fused-ring (bicyclic) bond motifs is 2. The second-order valence-electron chi connectivity index (χ2n) is 9.90. The Hall–Kier alpha value is -3.45. The van der Waals surface area contributed by atoms with Gasteiger partial charge in [0.05, 0.1) is 35.0 Å². The number of benzene rings is 2. The molecule has 2 aromatic heterocycles. The van der Waals surface area contributed by atoms with Crippen LogP contribution in [0, 0.1) is 0 Å². The summed E-state index contributed by atoms with van der Waals surface area (Å²) in [6.07, 6.45) is 3.64. The summed E-state index contributed by atoms with van der Waals surface area (Å²) in [6.45, 7) is 3.39. The first-order chi connectivity index (χ1) is 21.8. The van der Waals surface area contributed by atoms with E-state index in [2.05, 4.69) is 42.2 Å². The van der Waals surface area contributed by atoms with E-state index in [0.717, 1.165) is 27.3 Å². The van der Waals surface area contributed by atoms with Gasteiger partial charge < -0.3 is 19.2 Å². The number of halogens is 3. The molecule has 0 aliphatic carbocycles. The molecule has 2 heterocycles. The van der Waals surface area contributed by atoms with Crippen LogP contribution in [0.5, 0.6) is 0 Å². The Bertz CT molecular complexity index is 2160. The third-order valence-electron chi connectivity index (χ3n) is 6.87. The number of Topliss-reactive ketones (excluding diaryl/α,β-unsaturated/α-hetero) is 2. The van der Waals surface area contributed by atoms with Gasteiger partial charge >= 0.3 is 0 Å². The van der Waals surface area contributed by atoms with Crippen molar-refractivity contribution in [1.29, 1.82) is 0 Å². The van der Waals surface area contributed by atoms with E-state index < -0.39 is 20.0 Å². The maximum Gasteiger partial charge on any atom is 0.232 e. The average molecular weight is 857 g/mol. The molecule has 0 atom stereocenters. The van der Waals surface area contributed by atoms with Gasteiger partial charge in [-0.15, -0.1) is 0 Å². The van der Waals surface area contributed by atoms with Crippen LogP contribution in [0.15, 0.2) is 52.4 Å². The molecule has 262 valence electrons. The van der Waals surface area contributed by atoms with Crippen molar-refractivity contribution in [3.8, 4) is 0 Å². The third kappa shape index (κ3) is 8.39. The average Bonchev–Trinajstić information content (AvgIpc) is 3.55. The molecule has 0 aliphatic rings. The Morgan fingerprint density at radius 2 is 1.25 bits per heavy atom. The van der Waals surface area contributed by atoms with Gasteiger partial charge in [0.2, 0.25) is 25.2 Å². The molecule has 14 nitrogen and oxygen atoms in total. The molecule has 0 saturated heterocycles. The van der Waals surface area contributed by atoms with Crippen LogP contribution in [0.3, 0.4) is 0 Å². The lowest BCUT2D eigenvalue weighted by Gasteiger charge is -2.18. The molecule has 0 unspecified atom stereocenters. The zero-order chi connectivity index (χ0) is 35.6. The summed E-state index contributed by atoms with van der Waals surface area (Å²) in [5.74, 6) is -0.357. The van der Waals surface area contributed by atoms with Crippen LogP contribution in [0.1, 0.15) is 66.4 Å². The maximum atomic E-state index is 12.2. The highest BCUT2D eigenvalue weighted by atomic mass is 79.9. The van der Waals surface area contributed by atoms with E-state index in [-0.39, 0.29) is 59.7 Å². The summed E-state index contributed by atoms with van der Waals surface area (Å²) in [7, 11) is -4.13. The van der Waals surface area contributed by atoms with Crippen molar-refractivity contribution in [2.75, 3.05) is 35.2 Å². The Balaban J connectivity index is 0.000000327. The fourth-order valence-corrected chi connectivity index (χ4v) is 6.93. The van der Waals surface area contributed by atoms with Crippen molar-refractivity contribution >= 4 is 120 Å². The fraction of sp³-hybridized carbons (Fsp3) is 0.310. The van der Waals surface area contributed by atoms with E-state index in [0.29, 0.717) is 42.2 Å². The number of hydrogen-bond acceptors (Lipinski definition) is 12. The van der Waals surface area contributed by atoms with E-state index in [1.165, 1.54) is 26.2 Å². The fourth-order valence-electron chi connectivity index (χ4n) is 4.32. The summed E-state index contributed by atoms with van der Waals surface area (Å²) >= 11 is 12.4. The number of rotatable bonds is 10. The minimum atomic E-state index is -3.49. The highest BCUT2D eigenvalue weighted by molar-refractivity contribution is 9.11. The monoisotopic (exact) mass is 854 g/mol. The number of ketones is 2. The normalized spacial score (nSPS) is 12.1.